The molecule has 1 saturated carbocycles. The van der Waals surface area contributed by atoms with Crippen molar-refractivity contribution in [2.24, 2.45) is 0 Å². The fraction of sp³-hybridized carbons (Fsp3) is 0.350. The monoisotopic (exact) mass is 308 g/mol. The first-order chi connectivity index (χ1) is 11.2. The fourth-order valence-electron chi connectivity index (χ4n) is 3.22. The molecule has 0 bridgehead atoms. The summed E-state index contributed by atoms with van der Waals surface area (Å²) in [5.41, 5.74) is 3.03. The summed E-state index contributed by atoms with van der Waals surface area (Å²) in [7, 11) is 0. The third-order valence-corrected chi connectivity index (χ3v) is 4.50. The molecule has 0 heterocycles. The van der Waals surface area contributed by atoms with Crippen molar-refractivity contribution in [2.45, 2.75) is 44.7 Å². The summed E-state index contributed by atoms with van der Waals surface area (Å²) < 4.78 is 0. The van der Waals surface area contributed by atoms with Crippen LogP contribution in [-0.2, 0) is 4.79 Å². The van der Waals surface area contributed by atoms with Gasteiger partial charge in [-0.05, 0) is 31.4 Å². The number of carbonyl (C=O) groups excluding carboxylic acids is 1. The van der Waals surface area contributed by atoms with E-state index < -0.39 is 0 Å². The van der Waals surface area contributed by atoms with Gasteiger partial charge in [0.1, 0.15) is 0 Å². The summed E-state index contributed by atoms with van der Waals surface area (Å²) in [6, 6.07) is 18.4. The maximum absolute atomic E-state index is 12.5. The smallest absolute Gasteiger partial charge is 0.241 e. The molecule has 23 heavy (non-hydrogen) atoms. The van der Waals surface area contributed by atoms with Crippen molar-refractivity contribution in [3.05, 3.63) is 54.6 Å². The number of hydrogen-bond donors (Lipinski definition) is 2. The molecule has 0 aliphatic heterocycles. The van der Waals surface area contributed by atoms with Crippen LogP contribution in [0.25, 0.3) is 11.1 Å². The van der Waals surface area contributed by atoms with E-state index in [-0.39, 0.29) is 11.9 Å². The molecule has 2 aromatic rings. The van der Waals surface area contributed by atoms with Crippen LogP contribution in [0.2, 0.25) is 0 Å². The number of carbonyl (C=O) groups is 1. The number of rotatable bonds is 5. The van der Waals surface area contributed by atoms with E-state index in [2.05, 4.69) is 22.8 Å². The minimum absolute atomic E-state index is 0.0280. The molecule has 120 valence electrons. The third kappa shape index (κ3) is 3.99. The maximum atomic E-state index is 12.5. The molecule has 2 aromatic carbocycles. The SMILES string of the molecule is C[C@@H](NC1CCCC1)C(=O)Nc1ccccc1-c1ccccc1. The lowest BCUT2D eigenvalue weighted by Crippen LogP contribution is -2.42. The lowest BCUT2D eigenvalue weighted by atomic mass is 10.0. The van der Waals surface area contributed by atoms with E-state index in [1.165, 1.54) is 25.7 Å². The summed E-state index contributed by atoms with van der Waals surface area (Å²) in [6.07, 6.45) is 4.89. The molecule has 0 spiro atoms. The van der Waals surface area contributed by atoms with Gasteiger partial charge in [0.2, 0.25) is 5.91 Å². The number of hydrogen-bond acceptors (Lipinski definition) is 2. The average molecular weight is 308 g/mol. The normalized spacial score (nSPS) is 16.2. The van der Waals surface area contributed by atoms with Gasteiger partial charge in [-0.3, -0.25) is 4.79 Å². The van der Waals surface area contributed by atoms with Gasteiger partial charge in [-0.2, -0.15) is 0 Å². The molecule has 0 aromatic heterocycles. The lowest BCUT2D eigenvalue weighted by molar-refractivity contribution is -0.117. The van der Waals surface area contributed by atoms with E-state index in [9.17, 15) is 4.79 Å². The zero-order valence-corrected chi connectivity index (χ0v) is 13.6. The number of benzene rings is 2. The Morgan fingerprint density at radius 3 is 2.39 bits per heavy atom. The fourth-order valence-corrected chi connectivity index (χ4v) is 3.22. The number of anilines is 1. The first-order valence-corrected chi connectivity index (χ1v) is 8.45. The Balaban J connectivity index is 1.71. The average Bonchev–Trinajstić information content (AvgIpc) is 3.09. The minimum Gasteiger partial charge on any atom is -0.324 e. The van der Waals surface area contributed by atoms with Crippen LogP contribution in [0.4, 0.5) is 5.69 Å². The summed E-state index contributed by atoms with van der Waals surface area (Å²) in [5.74, 6) is 0.0280. The lowest BCUT2D eigenvalue weighted by Gasteiger charge is -2.19. The van der Waals surface area contributed by atoms with Crippen LogP contribution >= 0.6 is 0 Å². The van der Waals surface area contributed by atoms with Crippen LogP contribution in [-0.4, -0.2) is 18.0 Å². The largest absolute Gasteiger partial charge is 0.324 e. The van der Waals surface area contributed by atoms with Crippen LogP contribution in [0.5, 0.6) is 0 Å². The molecule has 2 N–H and O–H groups in total. The van der Waals surface area contributed by atoms with Crippen molar-refractivity contribution >= 4 is 11.6 Å². The minimum atomic E-state index is -0.179. The Bertz CT molecular complexity index is 648. The molecular weight excluding hydrogens is 284 g/mol. The van der Waals surface area contributed by atoms with Crippen LogP contribution in [0.15, 0.2) is 54.6 Å². The number of para-hydroxylation sites is 1. The predicted molar refractivity (Wildman–Crippen MR) is 95.4 cm³/mol. The topological polar surface area (TPSA) is 41.1 Å². The van der Waals surface area contributed by atoms with Gasteiger partial charge in [0, 0.05) is 17.3 Å². The Kier molecular flexibility index (Phi) is 5.09. The Morgan fingerprint density at radius 1 is 1.00 bits per heavy atom. The van der Waals surface area contributed by atoms with Gasteiger partial charge in [0.15, 0.2) is 0 Å². The molecule has 1 aliphatic rings. The Morgan fingerprint density at radius 2 is 1.65 bits per heavy atom. The Hall–Kier alpha value is -2.13. The highest BCUT2D eigenvalue weighted by Crippen LogP contribution is 2.27. The van der Waals surface area contributed by atoms with Crippen LogP contribution in [0, 0.1) is 0 Å². The third-order valence-electron chi connectivity index (χ3n) is 4.50. The summed E-state index contributed by atoms with van der Waals surface area (Å²) in [6.45, 7) is 1.94. The molecule has 3 nitrogen and oxygen atoms in total. The first-order valence-electron chi connectivity index (χ1n) is 8.45. The Labute approximate surface area is 138 Å². The van der Waals surface area contributed by atoms with Crippen LogP contribution in [0.1, 0.15) is 32.6 Å². The molecule has 3 heteroatoms. The molecule has 0 radical (unpaired) electrons. The quantitative estimate of drug-likeness (QED) is 0.868. The van der Waals surface area contributed by atoms with E-state index in [0.29, 0.717) is 6.04 Å². The van der Waals surface area contributed by atoms with E-state index in [0.717, 1.165) is 16.8 Å². The van der Waals surface area contributed by atoms with E-state index in [1.54, 1.807) is 0 Å². The van der Waals surface area contributed by atoms with Gasteiger partial charge in [0.25, 0.3) is 0 Å². The molecule has 3 rings (SSSR count). The highest BCUT2D eigenvalue weighted by molar-refractivity contribution is 5.98. The molecule has 1 fully saturated rings. The second-order valence-electron chi connectivity index (χ2n) is 6.27. The molecule has 0 unspecified atom stereocenters. The second-order valence-corrected chi connectivity index (χ2v) is 6.27. The van der Waals surface area contributed by atoms with Crippen molar-refractivity contribution < 1.29 is 4.79 Å². The van der Waals surface area contributed by atoms with Crippen molar-refractivity contribution in [2.75, 3.05) is 5.32 Å². The van der Waals surface area contributed by atoms with E-state index in [4.69, 9.17) is 0 Å². The van der Waals surface area contributed by atoms with Crippen molar-refractivity contribution in [3.8, 4) is 11.1 Å². The zero-order valence-electron chi connectivity index (χ0n) is 13.6. The summed E-state index contributed by atoms with van der Waals surface area (Å²) in [4.78, 5) is 12.5. The molecular formula is C20H24N2O. The second kappa shape index (κ2) is 7.42. The first kappa shape index (κ1) is 15.8. The van der Waals surface area contributed by atoms with Gasteiger partial charge in [-0.15, -0.1) is 0 Å². The highest BCUT2D eigenvalue weighted by atomic mass is 16.2. The van der Waals surface area contributed by atoms with Gasteiger partial charge in [-0.1, -0.05) is 61.4 Å². The number of amides is 1. The maximum Gasteiger partial charge on any atom is 0.241 e. The summed E-state index contributed by atoms with van der Waals surface area (Å²) in [5, 5.41) is 6.53. The molecule has 1 amide bonds. The van der Waals surface area contributed by atoms with E-state index in [1.807, 2.05) is 49.4 Å². The van der Waals surface area contributed by atoms with Crippen LogP contribution in [0.3, 0.4) is 0 Å². The molecule has 1 atom stereocenters. The summed E-state index contributed by atoms with van der Waals surface area (Å²) >= 11 is 0. The van der Waals surface area contributed by atoms with Crippen molar-refractivity contribution in [1.29, 1.82) is 0 Å². The zero-order chi connectivity index (χ0) is 16.1. The molecule has 0 saturated heterocycles. The van der Waals surface area contributed by atoms with E-state index >= 15 is 0 Å². The van der Waals surface area contributed by atoms with Crippen LogP contribution < -0.4 is 10.6 Å². The van der Waals surface area contributed by atoms with Gasteiger partial charge < -0.3 is 10.6 Å². The predicted octanol–water partition coefficient (Wildman–Crippen LogP) is 4.21. The van der Waals surface area contributed by atoms with Gasteiger partial charge >= 0.3 is 0 Å². The van der Waals surface area contributed by atoms with Crippen molar-refractivity contribution in [1.82, 2.24) is 5.32 Å². The standard InChI is InChI=1S/C20H24N2O/c1-15(21-17-11-5-6-12-17)20(23)22-19-14-8-7-13-18(19)16-9-3-2-4-10-16/h2-4,7-10,13-15,17,21H,5-6,11-12H2,1H3,(H,22,23)/t15-/m1/s1. The molecule has 1 aliphatic carbocycles. The van der Waals surface area contributed by atoms with Gasteiger partial charge in [-0.25, -0.2) is 0 Å². The van der Waals surface area contributed by atoms with Gasteiger partial charge in [0.05, 0.1) is 6.04 Å². The number of nitrogens with one attached hydrogen (secondary N) is 2. The highest BCUT2D eigenvalue weighted by Gasteiger charge is 2.21. The van der Waals surface area contributed by atoms with Crippen molar-refractivity contribution in [3.63, 3.8) is 0 Å².